The van der Waals surface area contributed by atoms with E-state index in [1.807, 2.05) is 0 Å². The average Bonchev–Trinajstić information content (AvgIpc) is 2.49. The van der Waals surface area contributed by atoms with E-state index in [4.69, 9.17) is 5.11 Å². The maximum absolute atomic E-state index is 13.1. The molecule has 0 radical (unpaired) electrons. The summed E-state index contributed by atoms with van der Waals surface area (Å²) in [6.07, 6.45) is 1.47. The second-order valence-corrected chi connectivity index (χ2v) is 5.43. The summed E-state index contributed by atoms with van der Waals surface area (Å²) in [6, 6.07) is 7.23. The lowest BCUT2D eigenvalue weighted by Crippen LogP contribution is -2.14. The first-order valence-electron chi connectivity index (χ1n) is 6.34. The summed E-state index contributed by atoms with van der Waals surface area (Å²) in [5.74, 6) is -1.75. The molecule has 5 nitrogen and oxygen atoms in total. The van der Waals surface area contributed by atoms with Crippen LogP contribution in [0.2, 0.25) is 0 Å². The molecule has 22 heavy (non-hydrogen) atoms. The second-order valence-electron chi connectivity index (χ2n) is 4.46. The lowest BCUT2D eigenvalue weighted by Gasteiger charge is -2.07. The number of hydrogen-bond donors (Lipinski definition) is 2. The molecule has 1 amide bonds. The first-order chi connectivity index (χ1) is 10.5. The number of thioether (sulfide) groups is 1. The number of carbonyl (C=O) groups excluding carboxylic acids is 1. The van der Waals surface area contributed by atoms with Crippen LogP contribution in [0.15, 0.2) is 41.6 Å². The Morgan fingerprint density at radius 1 is 1.36 bits per heavy atom. The van der Waals surface area contributed by atoms with Crippen LogP contribution in [0.4, 0.5) is 10.1 Å². The molecule has 114 valence electrons. The summed E-state index contributed by atoms with van der Waals surface area (Å²) >= 11 is 1.03. The molecule has 0 aliphatic heterocycles. The smallest absolute Gasteiger partial charge is 0.338 e. The van der Waals surface area contributed by atoms with Crippen LogP contribution in [0.25, 0.3) is 0 Å². The summed E-state index contributed by atoms with van der Waals surface area (Å²) in [5.41, 5.74) is 0.977. The number of aromatic carboxylic acids is 1. The lowest BCUT2D eigenvalue weighted by molar-refractivity contribution is -0.113. The number of rotatable bonds is 5. The number of nitrogens with one attached hydrogen (secondary N) is 1. The SMILES string of the molecule is Cc1cc(NC(=O)CSc2ncccc2C(=O)O)ccc1F. The van der Waals surface area contributed by atoms with Gasteiger partial charge in [0.15, 0.2) is 0 Å². The fourth-order valence-corrected chi connectivity index (χ4v) is 2.51. The number of anilines is 1. The molecule has 0 saturated carbocycles. The third-order valence-corrected chi connectivity index (χ3v) is 3.79. The Kier molecular flexibility index (Phi) is 5.11. The number of carbonyl (C=O) groups is 2. The first kappa shape index (κ1) is 16.0. The predicted molar refractivity (Wildman–Crippen MR) is 81.7 cm³/mol. The quantitative estimate of drug-likeness (QED) is 0.828. The van der Waals surface area contributed by atoms with E-state index in [1.54, 1.807) is 6.92 Å². The molecule has 0 spiro atoms. The Morgan fingerprint density at radius 3 is 2.82 bits per heavy atom. The van der Waals surface area contributed by atoms with Gasteiger partial charge in [-0.3, -0.25) is 4.79 Å². The van der Waals surface area contributed by atoms with Crippen molar-refractivity contribution in [2.24, 2.45) is 0 Å². The van der Waals surface area contributed by atoms with Crippen LogP contribution in [0, 0.1) is 12.7 Å². The maximum atomic E-state index is 13.1. The van der Waals surface area contributed by atoms with Crippen LogP contribution < -0.4 is 5.32 Å². The van der Waals surface area contributed by atoms with Crippen LogP contribution >= 0.6 is 11.8 Å². The van der Waals surface area contributed by atoms with E-state index < -0.39 is 5.97 Å². The van der Waals surface area contributed by atoms with E-state index in [0.717, 1.165) is 11.8 Å². The van der Waals surface area contributed by atoms with Gasteiger partial charge in [-0.1, -0.05) is 11.8 Å². The van der Waals surface area contributed by atoms with Gasteiger partial charge in [0, 0.05) is 11.9 Å². The van der Waals surface area contributed by atoms with Gasteiger partial charge in [-0.15, -0.1) is 0 Å². The van der Waals surface area contributed by atoms with Gasteiger partial charge in [-0.25, -0.2) is 14.2 Å². The number of amides is 1. The van der Waals surface area contributed by atoms with Crippen molar-refractivity contribution in [1.82, 2.24) is 4.98 Å². The van der Waals surface area contributed by atoms with Crippen molar-refractivity contribution < 1.29 is 19.1 Å². The Balaban J connectivity index is 1.98. The van der Waals surface area contributed by atoms with Gasteiger partial charge in [-0.2, -0.15) is 0 Å². The molecular formula is C15H13FN2O3S. The van der Waals surface area contributed by atoms with Gasteiger partial charge in [-0.05, 0) is 42.8 Å². The van der Waals surface area contributed by atoms with Crippen LogP contribution in [0.5, 0.6) is 0 Å². The molecule has 0 saturated heterocycles. The Hall–Kier alpha value is -2.41. The number of benzene rings is 1. The van der Waals surface area contributed by atoms with Crippen LogP contribution in [0.1, 0.15) is 15.9 Å². The molecule has 2 rings (SSSR count). The predicted octanol–water partition coefficient (Wildman–Crippen LogP) is 2.96. The zero-order valence-electron chi connectivity index (χ0n) is 11.7. The summed E-state index contributed by atoms with van der Waals surface area (Å²) < 4.78 is 13.1. The molecule has 0 fully saturated rings. The van der Waals surface area contributed by atoms with E-state index >= 15 is 0 Å². The molecular weight excluding hydrogens is 307 g/mol. The summed E-state index contributed by atoms with van der Waals surface area (Å²) in [6.45, 7) is 1.60. The number of aryl methyl sites for hydroxylation is 1. The molecule has 0 atom stereocenters. The normalized spacial score (nSPS) is 10.3. The molecule has 7 heteroatoms. The highest BCUT2D eigenvalue weighted by atomic mass is 32.2. The third-order valence-electron chi connectivity index (χ3n) is 2.78. The van der Waals surface area contributed by atoms with E-state index in [2.05, 4.69) is 10.3 Å². The molecule has 0 aliphatic carbocycles. The Bertz CT molecular complexity index is 722. The van der Waals surface area contributed by atoms with E-state index in [1.165, 1.54) is 36.5 Å². The number of halogens is 1. The number of aromatic nitrogens is 1. The average molecular weight is 320 g/mol. The Morgan fingerprint density at radius 2 is 2.14 bits per heavy atom. The number of nitrogens with zero attached hydrogens (tertiary/aromatic N) is 1. The lowest BCUT2D eigenvalue weighted by atomic mass is 10.2. The van der Waals surface area contributed by atoms with Crippen molar-refractivity contribution in [3.05, 3.63) is 53.5 Å². The van der Waals surface area contributed by atoms with Crippen molar-refractivity contribution in [3.63, 3.8) is 0 Å². The van der Waals surface area contributed by atoms with E-state index in [-0.39, 0.29) is 28.1 Å². The van der Waals surface area contributed by atoms with Crippen LogP contribution in [-0.2, 0) is 4.79 Å². The minimum atomic E-state index is -1.09. The fraction of sp³-hybridized carbons (Fsp3) is 0.133. The van der Waals surface area contributed by atoms with Gasteiger partial charge in [0.25, 0.3) is 0 Å². The van der Waals surface area contributed by atoms with Crippen molar-refractivity contribution in [2.75, 3.05) is 11.1 Å². The second kappa shape index (κ2) is 7.04. The van der Waals surface area contributed by atoms with Crippen molar-refractivity contribution in [1.29, 1.82) is 0 Å². The fourth-order valence-electron chi connectivity index (χ4n) is 1.72. The summed E-state index contributed by atoms with van der Waals surface area (Å²) in [5, 5.41) is 11.9. The largest absolute Gasteiger partial charge is 0.478 e. The maximum Gasteiger partial charge on any atom is 0.338 e. The monoisotopic (exact) mass is 320 g/mol. The van der Waals surface area contributed by atoms with E-state index in [0.29, 0.717) is 11.3 Å². The van der Waals surface area contributed by atoms with Gasteiger partial charge < -0.3 is 10.4 Å². The zero-order valence-corrected chi connectivity index (χ0v) is 12.5. The molecule has 0 unspecified atom stereocenters. The minimum Gasteiger partial charge on any atom is -0.478 e. The molecule has 0 bridgehead atoms. The first-order valence-corrected chi connectivity index (χ1v) is 7.33. The van der Waals surface area contributed by atoms with Crippen molar-refractivity contribution in [3.8, 4) is 0 Å². The molecule has 2 N–H and O–H groups in total. The van der Waals surface area contributed by atoms with E-state index in [9.17, 15) is 14.0 Å². The van der Waals surface area contributed by atoms with Gasteiger partial charge in [0.2, 0.25) is 5.91 Å². The molecule has 1 aromatic carbocycles. The number of hydrogen-bond acceptors (Lipinski definition) is 4. The highest BCUT2D eigenvalue weighted by Gasteiger charge is 2.13. The molecule has 1 aromatic heterocycles. The highest BCUT2D eigenvalue weighted by Crippen LogP contribution is 2.20. The molecule has 0 aliphatic rings. The topological polar surface area (TPSA) is 79.3 Å². The van der Waals surface area contributed by atoms with Gasteiger partial charge in [0.05, 0.1) is 11.3 Å². The molecule has 2 aromatic rings. The number of carboxylic acid groups (broad SMARTS) is 1. The number of pyridine rings is 1. The van der Waals surface area contributed by atoms with Gasteiger partial charge in [0.1, 0.15) is 10.8 Å². The summed E-state index contributed by atoms with van der Waals surface area (Å²) in [7, 11) is 0. The minimum absolute atomic E-state index is 0.00766. The highest BCUT2D eigenvalue weighted by molar-refractivity contribution is 8.00. The zero-order chi connectivity index (χ0) is 16.1. The van der Waals surface area contributed by atoms with Gasteiger partial charge >= 0.3 is 5.97 Å². The summed E-state index contributed by atoms with van der Waals surface area (Å²) in [4.78, 5) is 26.9. The van der Waals surface area contributed by atoms with Crippen LogP contribution in [0.3, 0.4) is 0 Å². The van der Waals surface area contributed by atoms with Crippen molar-refractivity contribution in [2.45, 2.75) is 11.9 Å². The third kappa shape index (κ3) is 4.05. The molecule has 1 heterocycles. The Labute approximate surface area is 130 Å². The van der Waals surface area contributed by atoms with Crippen molar-refractivity contribution >= 4 is 29.3 Å². The number of carboxylic acids is 1. The van der Waals surface area contributed by atoms with Crippen LogP contribution in [-0.4, -0.2) is 27.7 Å². The standard InChI is InChI=1S/C15H13FN2O3S/c1-9-7-10(4-5-12(9)16)18-13(19)8-22-14-11(15(20)21)3-2-6-17-14/h2-7H,8H2,1H3,(H,18,19)(H,20,21).